The summed E-state index contributed by atoms with van der Waals surface area (Å²) >= 11 is 0. The summed E-state index contributed by atoms with van der Waals surface area (Å²) < 4.78 is 22.6. The number of hydrogen-bond donors (Lipinski definition) is 0. The van der Waals surface area contributed by atoms with Crippen molar-refractivity contribution in [3.05, 3.63) is 34.3 Å². The molecule has 5 rings (SSSR count). The van der Waals surface area contributed by atoms with Gasteiger partial charge in [-0.2, -0.15) is 0 Å². The topological polar surface area (TPSA) is 57.2 Å². The van der Waals surface area contributed by atoms with Crippen LogP contribution in [0.15, 0.2) is 34.3 Å². The monoisotopic (exact) mass is 331 g/mol. The molecule has 6 heteroatoms. The maximum atomic E-state index is 12.6. The molecule has 5 aliphatic rings. The number of hydrogen-bond acceptors (Lipinski definition) is 6. The summed E-state index contributed by atoms with van der Waals surface area (Å²) in [6, 6.07) is 0.281. The molecule has 128 valence electrons. The minimum Gasteiger partial charge on any atom is -0.458 e. The van der Waals surface area contributed by atoms with Crippen LogP contribution in [-0.2, 0) is 23.7 Å². The molecule has 0 saturated carbocycles. The summed E-state index contributed by atoms with van der Waals surface area (Å²) in [4.78, 5) is 15.0. The zero-order chi connectivity index (χ0) is 16.4. The van der Waals surface area contributed by atoms with E-state index in [1.54, 1.807) is 7.11 Å². The number of likely N-dealkylation sites (N-methyl/N-ethyl adjacent to an activating group) is 1. The van der Waals surface area contributed by atoms with E-state index in [1.165, 1.54) is 5.57 Å². The van der Waals surface area contributed by atoms with E-state index in [-0.39, 0.29) is 36.9 Å². The lowest BCUT2D eigenvalue weighted by molar-refractivity contribution is -0.158. The lowest BCUT2D eigenvalue weighted by Crippen LogP contribution is -2.54. The second-order valence-electron chi connectivity index (χ2n) is 7.12. The minimum absolute atomic E-state index is 0.133. The molecule has 6 nitrogen and oxygen atoms in total. The van der Waals surface area contributed by atoms with E-state index in [9.17, 15) is 4.79 Å². The number of carbonyl (C=O) groups excluding carboxylic acids is 1. The fourth-order valence-corrected chi connectivity index (χ4v) is 4.89. The van der Waals surface area contributed by atoms with Gasteiger partial charge in [-0.15, -0.1) is 0 Å². The van der Waals surface area contributed by atoms with Crippen LogP contribution in [0.4, 0.5) is 0 Å². The van der Waals surface area contributed by atoms with Gasteiger partial charge in [-0.3, -0.25) is 4.90 Å². The van der Waals surface area contributed by atoms with E-state index in [1.807, 2.05) is 0 Å². The molecule has 0 aromatic heterocycles. The van der Waals surface area contributed by atoms with Crippen LogP contribution in [0.1, 0.15) is 19.3 Å². The van der Waals surface area contributed by atoms with Crippen molar-refractivity contribution >= 4 is 5.97 Å². The summed E-state index contributed by atoms with van der Waals surface area (Å²) in [6.45, 7) is 1.28. The molecule has 3 heterocycles. The third-order valence-corrected chi connectivity index (χ3v) is 6.02. The molecule has 2 aliphatic carbocycles. The van der Waals surface area contributed by atoms with E-state index in [4.69, 9.17) is 18.9 Å². The van der Waals surface area contributed by atoms with E-state index in [0.717, 1.165) is 35.6 Å². The molecule has 0 aromatic carbocycles. The van der Waals surface area contributed by atoms with E-state index in [0.29, 0.717) is 12.8 Å². The zero-order valence-corrected chi connectivity index (χ0v) is 13.9. The first-order valence-electron chi connectivity index (χ1n) is 8.51. The standard InChI is InChI=1S/C18H21NO5/c1-19-4-3-9-5-14(21-2)17-15(16(9)19)10-6-12-13(23-8-22-12)7-11(10)18(20)24-17/h5,14-17H,3-4,6-8H2,1-2H3/t14-,15?,16+,17+/m0/s1. The molecular weight excluding hydrogens is 310 g/mol. The molecule has 0 radical (unpaired) electrons. The SMILES string of the molecule is CO[C@H]1C=C2CCN(C)[C@H]2C2C3=C(CC4=C(C3)OCO4)C(=O)O[C@@H]21. The molecule has 1 saturated heterocycles. The van der Waals surface area contributed by atoms with E-state index >= 15 is 0 Å². The van der Waals surface area contributed by atoms with Gasteiger partial charge >= 0.3 is 5.97 Å². The predicted molar refractivity (Wildman–Crippen MR) is 83.6 cm³/mol. The van der Waals surface area contributed by atoms with Crippen LogP contribution in [-0.4, -0.2) is 56.6 Å². The highest BCUT2D eigenvalue weighted by atomic mass is 16.7. The number of likely N-dealkylation sites (tertiary alicyclic amines) is 1. The van der Waals surface area contributed by atoms with Gasteiger partial charge in [-0.05, 0) is 19.0 Å². The molecule has 24 heavy (non-hydrogen) atoms. The van der Waals surface area contributed by atoms with Crippen LogP contribution in [0.2, 0.25) is 0 Å². The smallest absolute Gasteiger partial charge is 0.334 e. The Bertz CT molecular complexity index is 706. The normalized spacial score (nSPS) is 37.8. The van der Waals surface area contributed by atoms with Crippen molar-refractivity contribution in [1.29, 1.82) is 0 Å². The summed E-state index contributed by atoms with van der Waals surface area (Å²) in [7, 11) is 3.83. The van der Waals surface area contributed by atoms with Gasteiger partial charge in [-0.25, -0.2) is 4.79 Å². The second-order valence-corrected chi connectivity index (χ2v) is 7.12. The summed E-state index contributed by atoms with van der Waals surface area (Å²) in [5.74, 6) is 1.58. The van der Waals surface area contributed by atoms with Crippen LogP contribution in [0.3, 0.4) is 0 Å². The molecule has 0 bridgehead atoms. The van der Waals surface area contributed by atoms with Crippen LogP contribution in [0, 0.1) is 5.92 Å². The first-order chi connectivity index (χ1) is 11.7. The van der Waals surface area contributed by atoms with Gasteiger partial charge in [-0.1, -0.05) is 11.6 Å². The number of esters is 1. The van der Waals surface area contributed by atoms with Gasteiger partial charge in [0.1, 0.15) is 23.7 Å². The Morgan fingerprint density at radius 1 is 1.25 bits per heavy atom. The Balaban J connectivity index is 1.60. The molecule has 1 fully saturated rings. The number of methoxy groups -OCH3 is 1. The summed E-state index contributed by atoms with van der Waals surface area (Å²) in [5.41, 5.74) is 3.32. The largest absolute Gasteiger partial charge is 0.458 e. The van der Waals surface area contributed by atoms with Gasteiger partial charge < -0.3 is 18.9 Å². The van der Waals surface area contributed by atoms with Crippen LogP contribution in [0.25, 0.3) is 0 Å². The Hall–Kier alpha value is -1.79. The summed E-state index contributed by atoms with van der Waals surface area (Å²) in [6.07, 6.45) is 3.90. The average molecular weight is 331 g/mol. The Morgan fingerprint density at radius 3 is 2.83 bits per heavy atom. The molecule has 3 aliphatic heterocycles. The van der Waals surface area contributed by atoms with Gasteiger partial charge in [0.05, 0.1) is 0 Å². The van der Waals surface area contributed by atoms with Gasteiger partial charge in [0, 0.05) is 44.0 Å². The van der Waals surface area contributed by atoms with Gasteiger partial charge in [0.2, 0.25) is 6.79 Å². The zero-order valence-electron chi connectivity index (χ0n) is 13.9. The number of rotatable bonds is 1. The molecule has 0 spiro atoms. The molecular formula is C18H21NO5. The highest BCUT2D eigenvalue weighted by Crippen LogP contribution is 2.49. The maximum Gasteiger partial charge on any atom is 0.334 e. The third kappa shape index (κ3) is 1.87. The molecule has 1 unspecified atom stereocenters. The van der Waals surface area contributed by atoms with Crippen molar-refractivity contribution in [2.75, 3.05) is 27.5 Å². The van der Waals surface area contributed by atoms with Crippen molar-refractivity contribution in [1.82, 2.24) is 4.90 Å². The fraction of sp³-hybridized carbons (Fsp3) is 0.611. The molecule has 0 N–H and O–H groups in total. The van der Waals surface area contributed by atoms with Gasteiger partial charge in [0.25, 0.3) is 0 Å². The molecule has 0 aromatic rings. The summed E-state index contributed by atoms with van der Waals surface area (Å²) in [5, 5.41) is 0. The third-order valence-electron chi connectivity index (χ3n) is 6.02. The minimum atomic E-state index is -0.264. The first-order valence-corrected chi connectivity index (χ1v) is 8.51. The number of carbonyl (C=O) groups is 1. The Labute approximate surface area is 140 Å². The lowest BCUT2D eigenvalue weighted by Gasteiger charge is -2.46. The van der Waals surface area contributed by atoms with Crippen LogP contribution in [0.5, 0.6) is 0 Å². The van der Waals surface area contributed by atoms with E-state index < -0.39 is 0 Å². The van der Waals surface area contributed by atoms with Crippen LogP contribution < -0.4 is 0 Å². The number of allylic oxidation sites excluding steroid dienone is 2. The first kappa shape index (κ1) is 14.5. The Morgan fingerprint density at radius 2 is 2.04 bits per heavy atom. The molecule has 4 atom stereocenters. The predicted octanol–water partition coefficient (Wildman–Crippen LogP) is 1.49. The van der Waals surface area contributed by atoms with Crippen molar-refractivity contribution in [3.63, 3.8) is 0 Å². The molecule has 0 amide bonds. The van der Waals surface area contributed by atoms with Gasteiger partial charge in [0.15, 0.2) is 0 Å². The average Bonchev–Trinajstić information content (AvgIpc) is 3.19. The Kier molecular flexibility index (Phi) is 3.09. The highest BCUT2D eigenvalue weighted by molar-refractivity contribution is 5.92. The maximum absolute atomic E-state index is 12.6. The van der Waals surface area contributed by atoms with E-state index in [2.05, 4.69) is 18.0 Å². The quantitative estimate of drug-likeness (QED) is 0.536. The van der Waals surface area contributed by atoms with Crippen molar-refractivity contribution in [2.45, 2.75) is 37.5 Å². The highest BCUT2D eigenvalue weighted by Gasteiger charge is 2.52. The fourth-order valence-electron chi connectivity index (χ4n) is 4.89. The van der Waals surface area contributed by atoms with Crippen molar-refractivity contribution in [2.24, 2.45) is 5.92 Å². The van der Waals surface area contributed by atoms with Crippen molar-refractivity contribution in [3.8, 4) is 0 Å². The number of ether oxygens (including phenoxy) is 4. The number of nitrogens with zero attached hydrogens (tertiary/aromatic N) is 1. The van der Waals surface area contributed by atoms with Crippen LogP contribution >= 0.6 is 0 Å². The van der Waals surface area contributed by atoms with Crippen molar-refractivity contribution < 1.29 is 23.7 Å². The second kappa shape index (κ2) is 5.10. The lowest BCUT2D eigenvalue weighted by atomic mass is 9.71. The number of fused-ring (bicyclic) bond motifs is 4.